The highest BCUT2D eigenvalue weighted by molar-refractivity contribution is 7.89. The van der Waals surface area contributed by atoms with E-state index in [9.17, 15) is 21.6 Å². The molecule has 4 aliphatic heterocycles. The summed E-state index contributed by atoms with van der Waals surface area (Å²) in [6.45, 7) is 10.8. The summed E-state index contributed by atoms with van der Waals surface area (Å²) in [6, 6.07) is 1.43. The zero-order chi connectivity index (χ0) is 24.8. The Labute approximate surface area is 204 Å². The minimum atomic E-state index is -4.60. The number of rotatable bonds is 5. The first kappa shape index (κ1) is 24.1. The lowest BCUT2D eigenvalue weighted by Crippen LogP contribution is -2.77. The zero-order valence-corrected chi connectivity index (χ0v) is 21.1. The van der Waals surface area contributed by atoms with E-state index in [-0.39, 0.29) is 21.6 Å². The summed E-state index contributed by atoms with van der Waals surface area (Å²) in [6.07, 6.45) is -0.948. The van der Waals surface area contributed by atoms with E-state index in [1.807, 2.05) is 0 Å². The molecule has 5 fully saturated rings. The third-order valence-electron chi connectivity index (χ3n) is 8.83. The summed E-state index contributed by atoms with van der Waals surface area (Å²) in [4.78, 5) is 8.53. The first-order valence-corrected chi connectivity index (χ1v) is 13.9. The smallest absolute Gasteiger partial charge is 0.381 e. The van der Waals surface area contributed by atoms with Crippen LogP contribution in [0.5, 0.6) is 0 Å². The fourth-order valence-electron chi connectivity index (χ4n) is 7.21. The summed E-state index contributed by atoms with van der Waals surface area (Å²) in [7, 11) is -3.86. The predicted octanol–water partition coefficient (Wildman–Crippen LogP) is 2.52. The van der Waals surface area contributed by atoms with E-state index in [2.05, 4.69) is 14.8 Å². The van der Waals surface area contributed by atoms with Crippen LogP contribution in [0.2, 0.25) is 0 Å². The SMILES string of the molecule is Cc1cc(C(F)(F)F)nc(C)c1S(=O)(=O)N1CC2(CN(C3CC4(C3)CN(C[C@H]3CCOC3)C4)C2)C1. The summed E-state index contributed by atoms with van der Waals surface area (Å²) in [5.41, 5.74) is -0.571. The van der Waals surface area contributed by atoms with Gasteiger partial charge in [-0.15, -0.1) is 0 Å². The first-order valence-electron chi connectivity index (χ1n) is 12.5. The normalized spacial score (nSPS) is 29.1. The summed E-state index contributed by atoms with van der Waals surface area (Å²) < 4.78 is 72.4. The van der Waals surface area contributed by atoms with Crippen molar-refractivity contribution in [2.75, 3.05) is 59.0 Å². The molecule has 4 saturated heterocycles. The number of hydrogen-bond acceptors (Lipinski definition) is 6. The lowest BCUT2D eigenvalue weighted by atomic mass is 9.58. The van der Waals surface area contributed by atoms with Crippen molar-refractivity contribution < 1.29 is 26.3 Å². The van der Waals surface area contributed by atoms with Crippen molar-refractivity contribution in [1.29, 1.82) is 0 Å². The molecule has 0 N–H and O–H groups in total. The minimum absolute atomic E-state index is 0.00884. The highest BCUT2D eigenvalue weighted by atomic mass is 32.2. The Balaban J connectivity index is 0.996. The molecule has 1 aromatic rings. The van der Waals surface area contributed by atoms with E-state index in [1.165, 1.54) is 50.5 Å². The largest absolute Gasteiger partial charge is 0.433 e. The zero-order valence-electron chi connectivity index (χ0n) is 20.3. The van der Waals surface area contributed by atoms with Crippen LogP contribution in [0.3, 0.4) is 0 Å². The molecule has 2 spiro atoms. The molecule has 194 valence electrons. The van der Waals surface area contributed by atoms with E-state index in [1.54, 1.807) is 0 Å². The molecular formula is C24H33F3N4O3S. The standard InChI is InChI=1S/C24H33F3N4O3S/c1-16-5-20(24(25,26)27)28-17(2)21(16)35(32,33)31-14-23(15-31)12-30(13-23)19-6-22(7-19)10-29(11-22)8-18-3-4-34-9-18/h5,18-19H,3-4,6-15H2,1-2H3/t18-/m1/s1. The van der Waals surface area contributed by atoms with Crippen LogP contribution in [-0.2, 0) is 20.9 Å². The van der Waals surface area contributed by atoms with Gasteiger partial charge in [0.15, 0.2) is 0 Å². The van der Waals surface area contributed by atoms with E-state index >= 15 is 0 Å². The Morgan fingerprint density at radius 3 is 2.34 bits per heavy atom. The number of likely N-dealkylation sites (tertiary alicyclic amines) is 2. The Hall–Kier alpha value is -1.27. The van der Waals surface area contributed by atoms with Crippen LogP contribution in [0.1, 0.15) is 36.2 Å². The lowest BCUT2D eigenvalue weighted by molar-refractivity contribution is -0.170. The molecule has 1 aromatic heterocycles. The average molecular weight is 515 g/mol. The van der Waals surface area contributed by atoms with Crippen LogP contribution >= 0.6 is 0 Å². The number of ether oxygens (including phenoxy) is 1. The van der Waals surface area contributed by atoms with Gasteiger partial charge in [-0.2, -0.15) is 17.5 Å². The molecular weight excluding hydrogens is 481 g/mol. The van der Waals surface area contributed by atoms with Crippen molar-refractivity contribution in [3.05, 3.63) is 23.0 Å². The highest BCUT2D eigenvalue weighted by Crippen LogP contribution is 2.54. The van der Waals surface area contributed by atoms with Crippen LogP contribution < -0.4 is 0 Å². The van der Waals surface area contributed by atoms with Crippen molar-refractivity contribution in [2.45, 2.75) is 50.2 Å². The lowest BCUT2D eigenvalue weighted by Gasteiger charge is -2.67. The molecule has 1 saturated carbocycles. The summed E-state index contributed by atoms with van der Waals surface area (Å²) in [5, 5.41) is 0. The fourth-order valence-corrected chi connectivity index (χ4v) is 9.24. The van der Waals surface area contributed by atoms with Gasteiger partial charge in [-0.1, -0.05) is 0 Å². The summed E-state index contributed by atoms with van der Waals surface area (Å²) >= 11 is 0. The molecule has 5 aliphatic rings. The average Bonchev–Trinajstić information content (AvgIpc) is 3.12. The number of pyridine rings is 1. The van der Waals surface area contributed by atoms with Crippen LogP contribution in [0, 0.1) is 30.6 Å². The third-order valence-corrected chi connectivity index (χ3v) is 10.9. The van der Waals surface area contributed by atoms with Gasteiger partial charge in [-0.05, 0) is 56.1 Å². The van der Waals surface area contributed by atoms with Crippen LogP contribution in [0.4, 0.5) is 13.2 Å². The molecule has 35 heavy (non-hydrogen) atoms. The number of sulfonamides is 1. The van der Waals surface area contributed by atoms with Gasteiger partial charge in [0.1, 0.15) is 10.6 Å². The molecule has 0 radical (unpaired) electrons. The highest BCUT2D eigenvalue weighted by Gasteiger charge is 2.61. The Bertz CT molecular complexity index is 1080. The molecule has 7 nitrogen and oxygen atoms in total. The predicted molar refractivity (Wildman–Crippen MR) is 122 cm³/mol. The molecule has 0 bridgehead atoms. The number of nitrogens with zero attached hydrogens (tertiary/aromatic N) is 4. The van der Waals surface area contributed by atoms with Crippen LogP contribution in [0.25, 0.3) is 0 Å². The maximum atomic E-state index is 13.2. The first-order chi connectivity index (χ1) is 16.4. The quantitative estimate of drug-likeness (QED) is 0.602. The third kappa shape index (κ3) is 4.02. The van der Waals surface area contributed by atoms with Gasteiger partial charge >= 0.3 is 6.18 Å². The minimum Gasteiger partial charge on any atom is -0.381 e. The van der Waals surface area contributed by atoms with Gasteiger partial charge in [-0.25, -0.2) is 13.4 Å². The fraction of sp³-hybridized carbons (Fsp3) is 0.792. The molecule has 0 amide bonds. The van der Waals surface area contributed by atoms with Crippen molar-refractivity contribution in [1.82, 2.24) is 19.1 Å². The van der Waals surface area contributed by atoms with Crippen molar-refractivity contribution in [3.8, 4) is 0 Å². The molecule has 1 atom stereocenters. The van der Waals surface area contributed by atoms with Gasteiger partial charge in [0.25, 0.3) is 0 Å². The second-order valence-corrected chi connectivity index (χ2v) is 13.8. The number of halogens is 3. The molecule has 0 aromatic carbocycles. The van der Waals surface area contributed by atoms with E-state index in [0.29, 0.717) is 30.5 Å². The van der Waals surface area contributed by atoms with Gasteiger partial charge in [0, 0.05) is 63.9 Å². The second-order valence-electron chi connectivity index (χ2n) is 11.9. The van der Waals surface area contributed by atoms with Crippen LogP contribution in [0.15, 0.2) is 11.0 Å². The van der Waals surface area contributed by atoms with Crippen LogP contribution in [-0.4, -0.2) is 92.6 Å². The summed E-state index contributed by atoms with van der Waals surface area (Å²) in [5.74, 6) is 0.697. The number of aromatic nitrogens is 1. The maximum Gasteiger partial charge on any atom is 0.433 e. The topological polar surface area (TPSA) is 66.0 Å². The van der Waals surface area contributed by atoms with Crippen molar-refractivity contribution in [3.63, 3.8) is 0 Å². The Kier molecular flexibility index (Phi) is 5.41. The molecule has 0 unspecified atom stereocenters. The van der Waals surface area contributed by atoms with E-state index in [4.69, 9.17) is 4.74 Å². The van der Waals surface area contributed by atoms with E-state index in [0.717, 1.165) is 38.9 Å². The maximum absolute atomic E-state index is 13.2. The number of aryl methyl sites for hydroxylation is 2. The Morgan fingerprint density at radius 2 is 1.77 bits per heavy atom. The molecule has 1 aliphatic carbocycles. The van der Waals surface area contributed by atoms with E-state index < -0.39 is 21.9 Å². The van der Waals surface area contributed by atoms with Crippen molar-refractivity contribution >= 4 is 10.0 Å². The van der Waals surface area contributed by atoms with Gasteiger partial charge < -0.3 is 9.64 Å². The van der Waals surface area contributed by atoms with Gasteiger partial charge in [-0.3, -0.25) is 4.90 Å². The Morgan fingerprint density at radius 1 is 1.09 bits per heavy atom. The van der Waals surface area contributed by atoms with Gasteiger partial charge in [0.05, 0.1) is 12.3 Å². The monoisotopic (exact) mass is 514 g/mol. The molecule has 6 rings (SSSR count). The number of hydrogen-bond donors (Lipinski definition) is 0. The second kappa shape index (κ2) is 7.86. The van der Waals surface area contributed by atoms with Gasteiger partial charge in [0.2, 0.25) is 10.0 Å². The number of alkyl halides is 3. The van der Waals surface area contributed by atoms with Crippen molar-refractivity contribution in [2.24, 2.45) is 16.7 Å². The molecule has 5 heterocycles. The molecule has 11 heteroatoms.